The Balaban J connectivity index is 1.32. The van der Waals surface area contributed by atoms with Crippen LogP contribution in [0.25, 0.3) is 28.1 Å². The van der Waals surface area contributed by atoms with Crippen LogP contribution in [0.2, 0.25) is 0 Å². The van der Waals surface area contributed by atoms with Crippen LogP contribution in [0.3, 0.4) is 0 Å². The molecule has 1 nitrogen and oxygen atoms in total. The van der Waals surface area contributed by atoms with Gasteiger partial charge in [0.2, 0.25) is 0 Å². The zero-order valence-electron chi connectivity index (χ0n) is 21.3. The Kier molecular flexibility index (Phi) is 5.29. The average molecular weight is 488 g/mol. The molecule has 4 unspecified atom stereocenters. The SMILES string of the molecule is CC1=CC=CC(C2C=Cc3c(n(C(C)C)c4cc(-c5cccc6c5SC5C=CC=CC65)ccc34)C2)C1. The number of hydrogen-bond acceptors (Lipinski definition) is 1. The highest BCUT2D eigenvalue weighted by Crippen LogP contribution is 2.52. The molecule has 2 aromatic carbocycles. The van der Waals surface area contributed by atoms with Gasteiger partial charge in [0.15, 0.2) is 0 Å². The van der Waals surface area contributed by atoms with Crippen LogP contribution in [-0.2, 0) is 6.42 Å². The molecule has 0 radical (unpaired) electrons. The van der Waals surface area contributed by atoms with Gasteiger partial charge in [-0.1, -0.05) is 90.6 Å². The number of allylic oxidation sites excluding steroid dienone is 8. The zero-order chi connectivity index (χ0) is 24.4. The fourth-order valence-electron chi connectivity index (χ4n) is 6.80. The van der Waals surface area contributed by atoms with Crippen LogP contribution < -0.4 is 0 Å². The minimum atomic E-state index is 0.427. The van der Waals surface area contributed by atoms with Gasteiger partial charge in [-0.25, -0.2) is 0 Å². The Morgan fingerprint density at radius 1 is 0.917 bits per heavy atom. The molecule has 1 aliphatic heterocycles. The molecule has 2 heteroatoms. The highest BCUT2D eigenvalue weighted by atomic mass is 32.2. The average Bonchev–Trinajstić information content (AvgIpc) is 3.43. The highest BCUT2D eigenvalue weighted by molar-refractivity contribution is 8.00. The van der Waals surface area contributed by atoms with Gasteiger partial charge in [-0.15, -0.1) is 11.8 Å². The van der Waals surface area contributed by atoms with E-state index in [-0.39, 0.29) is 0 Å². The van der Waals surface area contributed by atoms with Crippen molar-refractivity contribution in [2.24, 2.45) is 11.8 Å². The van der Waals surface area contributed by atoms with Crippen molar-refractivity contribution in [3.8, 4) is 11.1 Å². The van der Waals surface area contributed by atoms with E-state index in [0.29, 0.717) is 29.0 Å². The Labute approximate surface area is 219 Å². The van der Waals surface area contributed by atoms with E-state index < -0.39 is 0 Å². The van der Waals surface area contributed by atoms with E-state index in [9.17, 15) is 0 Å². The van der Waals surface area contributed by atoms with Crippen LogP contribution in [0, 0.1) is 11.8 Å². The van der Waals surface area contributed by atoms with E-state index >= 15 is 0 Å². The topological polar surface area (TPSA) is 4.93 Å². The molecule has 0 amide bonds. The van der Waals surface area contributed by atoms with Crippen LogP contribution in [-0.4, -0.2) is 9.82 Å². The molecule has 0 saturated heterocycles. The molecule has 0 fully saturated rings. The summed E-state index contributed by atoms with van der Waals surface area (Å²) < 4.78 is 2.63. The van der Waals surface area contributed by atoms with Gasteiger partial charge in [-0.2, -0.15) is 0 Å². The molecule has 1 aromatic heterocycles. The van der Waals surface area contributed by atoms with Gasteiger partial charge in [0.25, 0.3) is 0 Å². The molecule has 2 heterocycles. The van der Waals surface area contributed by atoms with Crippen molar-refractivity contribution in [3.05, 3.63) is 107 Å². The molecule has 7 rings (SSSR count). The quantitative estimate of drug-likeness (QED) is 0.356. The second-order valence-corrected chi connectivity index (χ2v) is 12.3. The maximum Gasteiger partial charge on any atom is 0.0497 e. The Morgan fingerprint density at radius 3 is 2.64 bits per heavy atom. The standard InChI is InChI=1S/C34H33NS/c1-21(2)35-31-19-24(23-9-6-8-22(3)18-23)14-16-27(31)28-17-15-25(20-32(28)35)26-11-7-12-30-29-10-4-5-13-33(29)36-34(26)30/h4-17,20-21,23-24,29,33H,18-19H2,1-3H3. The van der Waals surface area contributed by atoms with E-state index in [4.69, 9.17) is 0 Å². The van der Waals surface area contributed by atoms with Gasteiger partial charge in [0, 0.05) is 44.3 Å². The third-order valence-electron chi connectivity index (χ3n) is 8.51. The maximum absolute atomic E-state index is 2.63. The van der Waals surface area contributed by atoms with Gasteiger partial charge in [0.1, 0.15) is 0 Å². The number of rotatable bonds is 3. The molecule has 180 valence electrons. The van der Waals surface area contributed by atoms with Crippen molar-refractivity contribution in [1.82, 2.24) is 4.57 Å². The molecule has 0 N–H and O–H groups in total. The Hall–Kier alpha value is -2.97. The largest absolute Gasteiger partial charge is 0.341 e. The predicted molar refractivity (Wildman–Crippen MR) is 156 cm³/mol. The van der Waals surface area contributed by atoms with Crippen LogP contribution in [0.15, 0.2) is 95.5 Å². The monoisotopic (exact) mass is 487 g/mol. The van der Waals surface area contributed by atoms with Gasteiger partial charge in [0.05, 0.1) is 0 Å². The van der Waals surface area contributed by atoms with Crippen LogP contribution in [0.5, 0.6) is 0 Å². The van der Waals surface area contributed by atoms with E-state index in [0.717, 1.165) is 6.42 Å². The summed E-state index contributed by atoms with van der Waals surface area (Å²) in [6.45, 7) is 6.94. The fraction of sp³-hybridized carbons (Fsp3) is 0.294. The van der Waals surface area contributed by atoms with Crippen LogP contribution >= 0.6 is 11.8 Å². The molecular formula is C34H33NS. The predicted octanol–water partition coefficient (Wildman–Crippen LogP) is 9.28. The summed E-state index contributed by atoms with van der Waals surface area (Å²) in [6, 6.07) is 14.5. The minimum absolute atomic E-state index is 0.427. The summed E-state index contributed by atoms with van der Waals surface area (Å²) in [5.41, 5.74) is 10.0. The highest BCUT2D eigenvalue weighted by Gasteiger charge is 2.33. The molecular weight excluding hydrogens is 454 g/mol. The maximum atomic E-state index is 2.63. The number of hydrogen-bond donors (Lipinski definition) is 0. The first kappa shape index (κ1) is 22.2. The molecule has 36 heavy (non-hydrogen) atoms. The summed E-state index contributed by atoms with van der Waals surface area (Å²) in [5, 5.41) is 1.92. The Bertz CT molecular complexity index is 1520. The van der Waals surface area contributed by atoms with Crippen molar-refractivity contribution >= 4 is 28.7 Å². The third-order valence-corrected chi connectivity index (χ3v) is 9.92. The number of fused-ring (bicyclic) bond motifs is 6. The van der Waals surface area contributed by atoms with E-state index in [2.05, 4.69) is 116 Å². The summed E-state index contributed by atoms with van der Waals surface area (Å²) in [7, 11) is 0. The number of benzene rings is 2. The lowest BCUT2D eigenvalue weighted by molar-refractivity contribution is 0.445. The van der Waals surface area contributed by atoms with E-state index in [1.807, 2.05) is 11.8 Å². The minimum Gasteiger partial charge on any atom is -0.341 e. The molecule has 0 spiro atoms. The summed E-state index contributed by atoms with van der Waals surface area (Å²) >= 11 is 2.03. The summed E-state index contributed by atoms with van der Waals surface area (Å²) in [4.78, 5) is 1.46. The van der Waals surface area contributed by atoms with Crippen LogP contribution in [0.4, 0.5) is 0 Å². The molecule has 3 aliphatic carbocycles. The number of nitrogens with zero attached hydrogens (tertiary/aromatic N) is 1. The Morgan fingerprint density at radius 2 is 1.78 bits per heavy atom. The summed E-state index contributed by atoms with van der Waals surface area (Å²) in [6.07, 6.45) is 23.3. The number of thioether (sulfide) groups is 1. The molecule has 0 bridgehead atoms. The second kappa shape index (κ2) is 8.56. The molecule has 3 aromatic rings. The van der Waals surface area contributed by atoms with E-state index in [1.54, 1.807) is 0 Å². The second-order valence-electron chi connectivity index (χ2n) is 11.2. The van der Waals surface area contributed by atoms with Crippen molar-refractivity contribution in [3.63, 3.8) is 0 Å². The van der Waals surface area contributed by atoms with Crippen LogP contribution in [0.1, 0.15) is 56.0 Å². The molecule has 4 atom stereocenters. The lowest BCUT2D eigenvalue weighted by atomic mass is 9.78. The van der Waals surface area contributed by atoms with Gasteiger partial charge in [-0.3, -0.25) is 0 Å². The lowest BCUT2D eigenvalue weighted by Crippen LogP contribution is -2.20. The lowest BCUT2D eigenvalue weighted by Gasteiger charge is -2.28. The third kappa shape index (κ3) is 3.45. The van der Waals surface area contributed by atoms with E-state index in [1.165, 1.54) is 55.7 Å². The zero-order valence-corrected chi connectivity index (χ0v) is 22.1. The molecule has 0 saturated carbocycles. The van der Waals surface area contributed by atoms with Gasteiger partial charge in [-0.05, 0) is 68.2 Å². The van der Waals surface area contributed by atoms with Crippen molar-refractivity contribution in [2.75, 3.05) is 0 Å². The first-order valence-electron chi connectivity index (χ1n) is 13.4. The fourth-order valence-corrected chi connectivity index (χ4v) is 8.28. The first-order chi connectivity index (χ1) is 17.6. The van der Waals surface area contributed by atoms with Gasteiger partial charge < -0.3 is 4.57 Å². The first-order valence-corrected chi connectivity index (χ1v) is 14.3. The van der Waals surface area contributed by atoms with Crippen molar-refractivity contribution in [1.29, 1.82) is 0 Å². The molecule has 4 aliphatic rings. The smallest absolute Gasteiger partial charge is 0.0497 e. The number of aromatic nitrogens is 1. The van der Waals surface area contributed by atoms with Crippen molar-refractivity contribution in [2.45, 2.75) is 55.7 Å². The van der Waals surface area contributed by atoms with Crippen molar-refractivity contribution < 1.29 is 0 Å². The summed E-state index contributed by atoms with van der Waals surface area (Å²) in [5.74, 6) is 1.67. The van der Waals surface area contributed by atoms with Gasteiger partial charge >= 0.3 is 0 Å². The normalized spacial score (nSPS) is 25.8.